The van der Waals surface area contributed by atoms with Gasteiger partial charge in [0.05, 0.1) is 24.1 Å². The van der Waals surface area contributed by atoms with Gasteiger partial charge < -0.3 is 14.6 Å². The van der Waals surface area contributed by atoms with Crippen LogP contribution in [0.25, 0.3) is 15.9 Å². The molecule has 0 atom stereocenters. The minimum absolute atomic E-state index is 0.0597. The molecule has 1 N–H and O–H groups in total. The van der Waals surface area contributed by atoms with E-state index in [9.17, 15) is 9.59 Å². The molecule has 0 bridgehead atoms. The van der Waals surface area contributed by atoms with Crippen LogP contribution in [0.5, 0.6) is 5.75 Å². The zero-order valence-corrected chi connectivity index (χ0v) is 17.2. The number of nitrogens with zero attached hydrogens (tertiary/aromatic N) is 3. The van der Waals surface area contributed by atoms with Crippen LogP contribution in [-0.4, -0.2) is 33.5 Å². The molecule has 1 aromatic carbocycles. The van der Waals surface area contributed by atoms with Gasteiger partial charge >= 0.3 is 0 Å². The van der Waals surface area contributed by atoms with Crippen molar-refractivity contribution in [2.24, 2.45) is 0 Å². The zero-order chi connectivity index (χ0) is 20.4. The number of ether oxygens (including phenoxy) is 1. The fourth-order valence-corrected chi connectivity index (χ4v) is 4.25. The number of aryl methyl sites for hydroxylation is 1. The second-order valence-corrected chi connectivity index (χ2v) is 7.89. The van der Waals surface area contributed by atoms with Crippen molar-refractivity contribution in [2.45, 2.75) is 12.1 Å². The molecule has 29 heavy (non-hydrogen) atoms. The Balaban J connectivity index is 1.65. The number of anilines is 1. The van der Waals surface area contributed by atoms with Gasteiger partial charge in [-0.1, -0.05) is 16.9 Å². The highest BCUT2D eigenvalue weighted by Crippen LogP contribution is 2.25. The van der Waals surface area contributed by atoms with Crippen LogP contribution in [0, 0.1) is 6.92 Å². The first-order valence-corrected chi connectivity index (χ1v) is 10.4. The van der Waals surface area contributed by atoms with Gasteiger partial charge in [-0.05, 0) is 42.6 Å². The van der Waals surface area contributed by atoms with Crippen LogP contribution in [0.1, 0.15) is 5.76 Å². The Labute approximate surface area is 173 Å². The maximum atomic E-state index is 13.1. The molecule has 0 unspecified atom stereocenters. The molecule has 0 fully saturated rings. The summed E-state index contributed by atoms with van der Waals surface area (Å²) in [5.74, 6) is 1.42. The number of carbonyl (C=O) groups excluding carboxylic acids is 1. The molecule has 0 spiro atoms. The number of nitrogens with one attached hydrogen (secondary N) is 1. The number of hydrogen-bond donors (Lipinski definition) is 1. The van der Waals surface area contributed by atoms with Crippen LogP contribution in [-0.2, 0) is 4.79 Å². The molecule has 4 aromatic rings. The van der Waals surface area contributed by atoms with Crippen molar-refractivity contribution in [1.82, 2.24) is 14.7 Å². The average molecular weight is 428 g/mol. The van der Waals surface area contributed by atoms with Gasteiger partial charge in [-0.15, -0.1) is 11.3 Å². The van der Waals surface area contributed by atoms with E-state index in [1.54, 1.807) is 50.4 Å². The molecule has 4 rings (SSSR count). The second kappa shape index (κ2) is 8.10. The third kappa shape index (κ3) is 4.03. The number of rotatable bonds is 6. The molecule has 0 aliphatic carbocycles. The fourth-order valence-electron chi connectivity index (χ4n) is 2.68. The van der Waals surface area contributed by atoms with E-state index in [1.165, 1.54) is 27.7 Å². The van der Waals surface area contributed by atoms with Crippen molar-refractivity contribution in [1.29, 1.82) is 0 Å². The van der Waals surface area contributed by atoms with Gasteiger partial charge in [-0.3, -0.25) is 14.2 Å². The van der Waals surface area contributed by atoms with Crippen molar-refractivity contribution < 1.29 is 14.1 Å². The first kappa shape index (κ1) is 19.2. The van der Waals surface area contributed by atoms with Gasteiger partial charge in [0.25, 0.3) is 5.56 Å². The molecule has 0 saturated heterocycles. The number of hydrogen-bond acceptors (Lipinski definition) is 8. The Morgan fingerprint density at radius 1 is 1.31 bits per heavy atom. The lowest BCUT2D eigenvalue weighted by Gasteiger charge is -2.12. The van der Waals surface area contributed by atoms with Crippen molar-refractivity contribution in [2.75, 3.05) is 18.2 Å². The summed E-state index contributed by atoms with van der Waals surface area (Å²) in [6, 6.07) is 10.5. The fraction of sp³-hybridized carbons (Fsp3) is 0.158. The highest BCUT2D eigenvalue weighted by atomic mass is 32.2. The van der Waals surface area contributed by atoms with E-state index in [4.69, 9.17) is 9.26 Å². The third-order valence-corrected chi connectivity index (χ3v) is 5.84. The number of carbonyl (C=O) groups is 1. The Kier molecular flexibility index (Phi) is 5.36. The summed E-state index contributed by atoms with van der Waals surface area (Å²) in [6.07, 6.45) is 0. The SMILES string of the molecule is COc1ccc(-n2c(SCC(=O)Nc3cc(C)on3)nc3ccsc3c2=O)cc1. The number of amides is 1. The van der Waals surface area contributed by atoms with Gasteiger partial charge in [0.2, 0.25) is 5.91 Å². The molecule has 0 aliphatic heterocycles. The molecule has 10 heteroatoms. The van der Waals surface area contributed by atoms with Crippen molar-refractivity contribution in [3.8, 4) is 11.4 Å². The van der Waals surface area contributed by atoms with E-state index in [0.717, 1.165) is 0 Å². The van der Waals surface area contributed by atoms with Gasteiger partial charge in [0, 0.05) is 6.07 Å². The maximum absolute atomic E-state index is 13.1. The molecule has 0 saturated carbocycles. The maximum Gasteiger partial charge on any atom is 0.276 e. The standard InChI is InChI=1S/C19H16N4O4S2/c1-11-9-15(22-27-11)21-16(24)10-29-19-20-14-7-8-28-17(14)18(25)23(19)12-3-5-13(26-2)6-4-12/h3-9H,10H2,1-2H3,(H,21,22,24). The Hall–Kier alpha value is -3.11. The molecule has 3 aromatic heterocycles. The molecule has 0 aliphatic rings. The van der Waals surface area contributed by atoms with Crippen LogP contribution in [0.3, 0.4) is 0 Å². The number of aromatic nitrogens is 3. The van der Waals surface area contributed by atoms with Crippen LogP contribution in [0.4, 0.5) is 5.82 Å². The first-order chi connectivity index (χ1) is 14.0. The molecule has 1 amide bonds. The predicted octanol–water partition coefficient (Wildman–Crippen LogP) is 3.48. The smallest absolute Gasteiger partial charge is 0.276 e. The minimum atomic E-state index is -0.274. The lowest BCUT2D eigenvalue weighted by molar-refractivity contribution is -0.113. The van der Waals surface area contributed by atoms with E-state index in [-0.39, 0.29) is 17.2 Å². The van der Waals surface area contributed by atoms with Crippen molar-refractivity contribution in [3.05, 3.63) is 57.9 Å². The predicted molar refractivity (Wildman–Crippen MR) is 112 cm³/mol. The highest BCUT2D eigenvalue weighted by molar-refractivity contribution is 7.99. The van der Waals surface area contributed by atoms with E-state index < -0.39 is 0 Å². The van der Waals surface area contributed by atoms with Crippen LogP contribution >= 0.6 is 23.1 Å². The van der Waals surface area contributed by atoms with Gasteiger partial charge in [0.1, 0.15) is 16.2 Å². The summed E-state index contributed by atoms with van der Waals surface area (Å²) in [7, 11) is 1.58. The van der Waals surface area contributed by atoms with Crippen LogP contribution in [0.2, 0.25) is 0 Å². The van der Waals surface area contributed by atoms with Crippen molar-refractivity contribution >= 4 is 45.0 Å². The lowest BCUT2D eigenvalue weighted by Crippen LogP contribution is -2.22. The Bertz CT molecular complexity index is 1230. The zero-order valence-electron chi connectivity index (χ0n) is 15.5. The summed E-state index contributed by atoms with van der Waals surface area (Å²) >= 11 is 2.51. The number of benzene rings is 1. The number of thioether (sulfide) groups is 1. The van der Waals surface area contributed by atoms with Gasteiger partial charge in [-0.25, -0.2) is 4.98 Å². The third-order valence-electron chi connectivity index (χ3n) is 4.01. The summed E-state index contributed by atoms with van der Waals surface area (Å²) in [4.78, 5) is 29.9. The van der Waals surface area contributed by atoms with Gasteiger partial charge in [-0.2, -0.15) is 0 Å². The van der Waals surface area contributed by atoms with Crippen LogP contribution < -0.4 is 15.6 Å². The summed E-state index contributed by atoms with van der Waals surface area (Å²) in [5.41, 5.74) is 1.08. The Morgan fingerprint density at radius 3 is 2.79 bits per heavy atom. The lowest BCUT2D eigenvalue weighted by atomic mass is 10.3. The van der Waals surface area contributed by atoms with Gasteiger partial charge in [0.15, 0.2) is 11.0 Å². The normalized spacial score (nSPS) is 11.0. The van der Waals surface area contributed by atoms with E-state index >= 15 is 0 Å². The quantitative estimate of drug-likeness (QED) is 0.371. The van der Waals surface area contributed by atoms with E-state index in [0.29, 0.717) is 38.4 Å². The van der Waals surface area contributed by atoms with E-state index in [2.05, 4.69) is 15.5 Å². The van der Waals surface area contributed by atoms with Crippen molar-refractivity contribution in [3.63, 3.8) is 0 Å². The molecule has 3 heterocycles. The number of methoxy groups -OCH3 is 1. The first-order valence-electron chi connectivity index (χ1n) is 8.56. The average Bonchev–Trinajstić information content (AvgIpc) is 3.35. The summed E-state index contributed by atoms with van der Waals surface area (Å²) in [5, 5.41) is 8.66. The second-order valence-electron chi connectivity index (χ2n) is 6.03. The molecule has 0 radical (unpaired) electrons. The summed E-state index contributed by atoms with van der Waals surface area (Å²) in [6.45, 7) is 1.74. The van der Waals surface area contributed by atoms with Crippen LogP contribution in [0.15, 0.2) is 56.3 Å². The highest BCUT2D eigenvalue weighted by Gasteiger charge is 2.16. The largest absolute Gasteiger partial charge is 0.497 e. The summed E-state index contributed by atoms with van der Waals surface area (Å²) < 4.78 is 12.2. The Morgan fingerprint density at radius 2 is 2.10 bits per heavy atom. The molecule has 8 nitrogen and oxygen atoms in total. The molecular weight excluding hydrogens is 412 g/mol. The topological polar surface area (TPSA) is 99.2 Å². The van der Waals surface area contributed by atoms with E-state index in [1.807, 2.05) is 5.38 Å². The monoisotopic (exact) mass is 428 g/mol. The number of thiophene rings is 1. The minimum Gasteiger partial charge on any atom is -0.497 e. The molecule has 148 valence electrons. The molecular formula is C19H16N4O4S2. The number of fused-ring (bicyclic) bond motifs is 1.